The molecule has 0 saturated heterocycles. The molecule has 0 spiro atoms. The van der Waals surface area contributed by atoms with Crippen molar-refractivity contribution in [2.75, 3.05) is 20.4 Å². The lowest BCUT2D eigenvalue weighted by Gasteiger charge is -2.35. The van der Waals surface area contributed by atoms with E-state index in [1.165, 1.54) is 16.7 Å². The summed E-state index contributed by atoms with van der Waals surface area (Å²) in [6.45, 7) is 1.40. The molecule has 0 aromatic heterocycles. The monoisotopic (exact) mass is 267 g/mol. The maximum atomic E-state index is 5.54. The van der Waals surface area contributed by atoms with Crippen LogP contribution in [-0.4, -0.2) is 25.3 Å². The summed E-state index contributed by atoms with van der Waals surface area (Å²) in [7, 11) is 2.19. The SMILES string of the molecule is CN1CCc2cc3c(cc2C1c1ccccc1)OCO3. The van der Waals surface area contributed by atoms with Crippen molar-refractivity contribution in [1.82, 2.24) is 4.90 Å². The summed E-state index contributed by atoms with van der Waals surface area (Å²) in [5.41, 5.74) is 4.05. The largest absolute Gasteiger partial charge is 0.454 e. The molecule has 0 N–H and O–H groups in total. The molecule has 2 aromatic carbocycles. The number of rotatable bonds is 1. The Kier molecular flexibility index (Phi) is 2.67. The molecular weight excluding hydrogens is 250 g/mol. The van der Waals surface area contributed by atoms with E-state index in [0.717, 1.165) is 24.5 Å². The van der Waals surface area contributed by atoms with Gasteiger partial charge in [0.1, 0.15) is 0 Å². The maximum Gasteiger partial charge on any atom is 0.231 e. The minimum absolute atomic E-state index is 0.300. The summed E-state index contributed by atoms with van der Waals surface area (Å²) in [5.74, 6) is 1.76. The molecule has 0 radical (unpaired) electrons. The zero-order valence-corrected chi connectivity index (χ0v) is 11.5. The summed E-state index contributed by atoms with van der Waals surface area (Å²) in [6, 6.07) is 15.3. The summed E-state index contributed by atoms with van der Waals surface area (Å²) >= 11 is 0. The third-order valence-corrected chi connectivity index (χ3v) is 4.22. The van der Waals surface area contributed by atoms with Crippen LogP contribution in [0.3, 0.4) is 0 Å². The number of nitrogens with zero attached hydrogens (tertiary/aromatic N) is 1. The van der Waals surface area contributed by atoms with Gasteiger partial charge in [-0.3, -0.25) is 4.90 Å². The van der Waals surface area contributed by atoms with Crippen LogP contribution in [0.15, 0.2) is 42.5 Å². The molecule has 0 aliphatic carbocycles. The predicted octanol–water partition coefficient (Wildman–Crippen LogP) is 2.99. The highest BCUT2D eigenvalue weighted by Crippen LogP contribution is 2.42. The van der Waals surface area contributed by atoms with Crippen molar-refractivity contribution in [3.8, 4) is 11.5 Å². The topological polar surface area (TPSA) is 21.7 Å². The van der Waals surface area contributed by atoms with Crippen LogP contribution in [0.2, 0.25) is 0 Å². The quantitative estimate of drug-likeness (QED) is 0.793. The highest BCUT2D eigenvalue weighted by molar-refractivity contribution is 5.52. The zero-order valence-electron chi connectivity index (χ0n) is 11.5. The average molecular weight is 267 g/mol. The Morgan fingerprint density at radius 1 is 1.05 bits per heavy atom. The predicted molar refractivity (Wildman–Crippen MR) is 77.2 cm³/mol. The molecule has 3 nitrogen and oxygen atoms in total. The van der Waals surface area contributed by atoms with Gasteiger partial charge < -0.3 is 9.47 Å². The van der Waals surface area contributed by atoms with Crippen LogP contribution in [0.5, 0.6) is 11.5 Å². The van der Waals surface area contributed by atoms with E-state index in [1.807, 2.05) is 0 Å². The molecule has 2 heterocycles. The molecule has 2 aliphatic rings. The number of benzene rings is 2. The van der Waals surface area contributed by atoms with Gasteiger partial charge in [-0.15, -0.1) is 0 Å². The second kappa shape index (κ2) is 4.53. The Hall–Kier alpha value is -2.00. The molecule has 0 bridgehead atoms. The van der Waals surface area contributed by atoms with Crippen LogP contribution in [0.4, 0.5) is 0 Å². The summed E-state index contributed by atoms with van der Waals surface area (Å²) in [5, 5.41) is 0. The third-order valence-electron chi connectivity index (χ3n) is 4.22. The molecule has 1 unspecified atom stereocenters. The van der Waals surface area contributed by atoms with Gasteiger partial charge in [-0.25, -0.2) is 0 Å². The van der Waals surface area contributed by atoms with Crippen molar-refractivity contribution in [1.29, 1.82) is 0 Å². The van der Waals surface area contributed by atoms with Gasteiger partial charge in [-0.2, -0.15) is 0 Å². The lowest BCUT2D eigenvalue weighted by Crippen LogP contribution is -2.32. The molecule has 20 heavy (non-hydrogen) atoms. The molecule has 2 aromatic rings. The van der Waals surface area contributed by atoms with Crippen molar-refractivity contribution >= 4 is 0 Å². The lowest BCUT2D eigenvalue weighted by atomic mass is 9.88. The molecule has 0 amide bonds. The van der Waals surface area contributed by atoms with Crippen LogP contribution in [0, 0.1) is 0 Å². The average Bonchev–Trinajstić information content (AvgIpc) is 2.93. The standard InChI is InChI=1S/C17H17NO2/c1-18-8-7-13-9-15-16(20-11-19-15)10-14(13)17(18)12-5-3-2-4-6-12/h2-6,9-10,17H,7-8,11H2,1H3. The van der Waals surface area contributed by atoms with Crippen molar-refractivity contribution in [2.45, 2.75) is 12.5 Å². The Balaban J connectivity index is 1.85. The number of ether oxygens (including phenoxy) is 2. The first-order valence-corrected chi connectivity index (χ1v) is 7.00. The second-order valence-corrected chi connectivity index (χ2v) is 5.45. The fraction of sp³-hybridized carbons (Fsp3) is 0.294. The molecule has 2 aliphatic heterocycles. The lowest BCUT2D eigenvalue weighted by molar-refractivity contribution is 0.174. The Morgan fingerprint density at radius 3 is 2.60 bits per heavy atom. The van der Waals surface area contributed by atoms with E-state index < -0.39 is 0 Å². The minimum Gasteiger partial charge on any atom is -0.454 e. The summed E-state index contributed by atoms with van der Waals surface area (Å²) in [6.07, 6.45) is 1.06. The number of hydrogen-bond acceptors (Lipinski definition) is 3. The van der Waals surface area contributed by atoms with Gasteiger partial charge in [0.25, 0.3) is 0 Å². The van der Waals surface area contributed by atoms with E-state index in [1.54, 1.807) is 0 Å². The van der Waals surface area contributed by atoms with E-state index in [-0.39, 0.29) is 0 Å². The van der Waals surface area contributed by atoms with Gasteiger partial charge in [0, 0.05) is 6.54 Å². The van der Waals surface area contributed by atoms with Crippen LogP contribution >= 0.6 is 0 Å². The van der Waals surface area contributed by atoms with Crippen molar-refractivity contribution in [2.24, 2.45) is 0 Å². The molecule has 1 atom stereocenters. The van der Waals surface area contributed by atoms with Crippen molar-refractivity contribution < 1.29 is 9.47 Å². The maximum absolute atomic E-state index is 5.54. The van der Waals surface area contributed by atoms with Crippen LogP contribution < -0.4 is 9.47 Å². The molecule has 102 valence electrons. The number of likely N-dealkylation sites (N-methyl/N-ethyl adjacent to an activating group) is 1. The third kappa shape index (κ3) is 1.78. The summed E-state index contributed by atoms with van der Waals surface area (Å²) in [4.78, 5) is 2.40. The summed E-state index contributed by atoms with van der Waals surface area (Å²) < 4.78 is 11.0. The van der Waals surface area contributed by atoms with Gasteiger partial charge in [0.2, 0.25) is 6.79 Å². The van der Waals surface area contributed by atoms with E-state index >= 15 is 0 Å². The highest BCUT2D eigenvalue weighted by Gasteiger charge is 2.29. The molecule has 0 saturated carbocycles. The fourth-order valence-corrected chi connectivity index (χ4v) is 3.20. The van der Waals surface area contributed by atoms with Crippen LogP contribution in [0.25, 0.3) is 0 Å². The Bertz CT molecular complexity index is 639. The van der Waals surface area contributed by atoms with E-state index in [2.05, 4.69) is 54.4 Å². The van der Waals surface area contributed by atoms with Gasteiger partial charge in [-0.1, -0.05) is 30.3 Å². The number of hydrogen-bond donors (Lipinski definition) is 0. The highest BCUT2D eigenvalue weighted by atomic mass is 16.7. The zero-order chi connectivity index (χ0) is 13.5. The first-order chi connectivity index (χ1) is 9.83. The van der Waals surface area contributed by atoms with Crippen molar-refractivity contribution in [3.05, 3.63) is 59.2 Å². The first-order valence-electron chi connectivity index (χ1n) is 7.00. The van der Waals surface area contributed by atoms with Gasteiger partial charge in [0.05, 0.1) is 6.04 Å². The fourth-order valence-electron chi connectivity index (χ4n) is 3.20. The van der Waals surface area contributed by atoms with Gasteiger partial charge in [0.15, 0.2) is 11.5 Å². The van der Waals surface area contributed by atoms with E-state index in [0.29, 0.717) is 12.8 Å². The Morgan fingerprint density at radius 2 is 1.80 bits per heavy atom. The van der Waals surface area contributed by atoms with Gasteiger partial charge in [-0.05, 0) is 42.3 Å². The minimum atomic E-state index is 0.300. The number of fused-ring (bicyclic) bond motifs is 2. The van der Waals surface area contributed by atoms with E-state index in [4.69, 9.17) is 9.47 Å². The smallest absolute Gasteiger partial charge is 0.231 e. The molecule has 3 heteroatoms. The van der Waals surface area contributed by atoms with E-state index in [9.17, 15) is 0 Å². The first kappa shape index (κ1) is 11.8. The second-order valence-electron chi connectivity index (χ2n) is 5.45. The molecule has 0 fully saturated rings. The normalized spacial score (nSPS) is 20.8. The van der Waals surface area contributed by atoms with Crippen LogP contribution in [0.1, 0.15) is 22.7 Å². The molecule has 4 rings (SSSR count). The Labute approximate surface area is 118 Å². The van der Waals surface area contributed by atoms with Crippen molar-refractivity contribution in [3.63, 3.8) is 0 Å². The van der Waals surface area contributed by atoms with Crippen LogP contribution in [-0.2, 0) is 6.42 Å². The molecular formula is C17H17NO2. The van der Waals surface area contributed by atoms with Gasteiger partial charge >= 0.3 is 0 Å².